The third-order valence-corrected chi connectivity index (χ3v) is 4.67. The smallest absolute Gasteiger partial charge is 0.226 e. The maximum absolute atomic E-state index is 13.1. The molecule has 0 bridgehead atoms. The molecule has 25 heavy (non-hydrogen) atoms. The standard InChI is InChI=1S/C21H43NO3/c1-16(2)14-19(5,6)22(17(3)4)18(23)15-21(9,10)25-13-12-20(7,8)24-11/h16-17H,12-15H2,1-11H3. The van der Waals surface area contributed by atoms with Crippen LogP contribution in [0.25, 0.3) is 0 Å². The van der Waals surface area contributed by atoms with Crippen molar-refractivity contribution < 1.29 is 14.3 Å². The summed E-state index contributed by atoms with van der Waals surface area (Å²) < 4.78 is 11.5. The van der Waals surface area contributed by atoms with Crippen molar-refractivity contribution in [1.29, 1.82) is 0 Å². The van der Waals surface area contributed by atoms with Crippen molar-refractivity contribution in [3.63, 3.8) is 0 Å². The molecule has 0 aromatic rings. The van der Waals surface area contributed by atoms with Gasteiger partial charge in [0.25, 0.3) is 0 Å². The molecule has 0 spiro atoms. The third-order valence-electron chi connectivity index (χ3n) is 4.67. The normalized spacial score (nSPS) is 13.6. The highest BCUT2D eigenvalue weighted by Gasteiger charge is 2.36. The van der Waals surface area contributed by atoms with E-state index in [0.717, 1.165) is 12.8 Å². The molecule has 0 fully saturated rings. The molecule has 0 rings (SSSR count). The Kier molecular flexibility index (Phi) is 9.13. The van der Waals surface area contributed by atoms with Crippen LogP contribution in [0, 0.1) is 5.92 Å². The van der Waals surface area contributed by atoms with E-state index in [1.165, 1.54) is 0 Å². The molecule has 0 N–H and O–H groups in total. The average Bonchev–Trinajstić information content (AvgIpc) is 2.34. The summed E-state index contributed by atoms with van der Waals surface area (Å²) in [6.45, 7) is 21.6. The van der Waals surface area contributed by atoms with E-state index in [4.69, 9.17) is 9.47 Å². The van der Waals surface area contributed by atoms with E-state index in [1.54, 1.807) is 7.11 Å². The van der Waals surface area contributed by atoms with E-state index >= 15 is 0 Å². The summed E-state index contributed by atoms with van der Waals surface area (Å²) >= 11 is 0. The van der Waals surface area contributed by atoms with Gasteiger partial charge in [-0.25, -0.2) is 0 Å². The molecular formula is C21H43NO3. The van der Waals surface area contributed by atoms with Gasteiger partial charge < -0.3 is 14.4 Å². The van der Waals surface area contributed by atoms with Gasteiger partial charge in [0.15, 0.2) is 0 Å². The number of carbonyl (C=O) groups excluding carboxylic acids is 1. The number of hydrogen-bond acceptors (Lipinski definition) is 3. The number of nitrogens with zero attached hydrogens (tertiary/aromatic N) is 1. The lowest BCUT2D eigenvalue weighted by atomic mass is 9.88. The number of carbonyl (C=O) groups is 1. The molecule has 0 heterocycles. The maximum Gasteiger partial charge on any atom is 0.226 e. The van der Waals surface area contributed by atoms with Crippen LogP contribution >= 0.6 is 0 Å². The van der Waals surface area contributed by atoms with E-state index in [9.17, 15) is 4.79 Å². The molecule has 0 saturated heterocycles. The summed E-state index contributed by atoms with van der Waals surface area (Å²) in [5.74, 6) is 0.709. The Hall–Kier alpha value is -0.610. The molecule has 0 aliphatic heterocycles. The summed E-state index contributed by atoms with van der Waals surface area (Å²) in [5.41, 5.74) is -0.848. The van der Waals surface area contributed by atoms with Crippen LogP contribution in [0.3, 0.4) is 0 Å². The summed E-state index contributed by atoms with van der Waals surface area (Å²) in [7, 11) is 1.71. The Morgan fingerprint density at radius 1 is 0.960 bits per heavy atom. The van der Waals surface area contributed by atoms with Gasteiger partial charge in [-0.3, -0.25) is 4.79 Å². The Labute approximate surface area is 156 Å². The first-order chi connectivity index (χ1) is 11.1. The molecule has 0 aromatic heterocycles. The number of ether oxygens (including phenoxy) is 2. The third kappa shape index (κ3) is 9.05. The van der Waals surface area contributed by atoms with Gasteiger partial charge in [0.05, 0.1) is 24.2 Å². The van der Waals surface area contributed by atoms with Crippen LogP contribution < -0.4 is 0 Å². The van der Waals surface area contributed by atoms with Crippen LogP contribution in [0.1, 0.15) is 88.5 Å². The highest BCUT2D eigenvalue weighted by atomic mass is 16.5. The maximum atomic E-state index is 13.1. The molecule has 4 heteroatoms. The highest BCUT2D eigenvalue weighted by Crippen LogP contribution is 2.29. The highest BCUT2D eigenvalue weighted by molar-refractivity contribution is 5.78. The first-order valence-electron chi connectivity index (χ1n) is 9.65. The second-order valence-electron chi connectivity index (χ2n) is 9.77. The summed E-state index contributed by atoms with van der Waals surface area (Å²) in [6.07, 6.45) is 2.17. The minimum atomic E-state index is -0.484. The molecule has 0 saturated carbocycles. The zero-order valence-corrected chi connectivity index (χ0v) is 18.7. The molecule has 0 atom stereocenters. The quantitative estimate of drug-likeness (QED) is 0.519. The van der Waals surface area contributed by atoms with Crippen molar-refractivity contribution in [3.8, 4) is 0 Å². The largest absolute Gasteiger partial charge is 0.379 e. The van der Waals surface area contributed by atoms with Gasteiger partial charge >= 0.3 is 0 Å². The molecule has 0 unspecified atom stereocenters. The average molecular weight is 358 g/mol. The van der Waals surface area contributed by atoms with Crippen molar-refractivity contribution in [2.45, 2.75) is 111 Å². The van der Waals surface area contributed by atoms with E-state index in [0.29, 0.717) is 18.9 Å². The number of amides is 1. The predicted molar refractivity (Wildman–Crippen MR) is 106 cm³/mol. The van der Waals surface area contributed by atoms with Crippen molar-refractivity contribution >= 4 is 5.91 Å². The van der Waals surface area contributed by atoms with Crippen LogP contribution in [0.15, 0.2) is 0 Å². The van der Waals surface area contributed by atoms with Crippen LogP contribution in [0.5, 0.6) is 0 Å². The monoisotopic (exact) mass is 357 g/mol. The first-order valence-corrected chi connectivity index (χ1v) is 9.65. The fraction of sp³-hybridized carbons (Fsp3) is 0.952. The second-order valence-corrected chi connectivity index (χ2v) is 9.77. The van der Waals surface area contributed by atoms with Gasteiger partial charge in [-0.1, -0.05) is 13.8 Å². The first kappa shape index (κ1) is 24.4. The van der Waals surface area contributed by atoms with E-state index in [-0.39, 0.29) is 23.1 Å². The van der Waals surface area contributed by atoms with Gasteiger partial charge in [-0.2, -0.15) is 0 Å². The minimum absolute atomic E-state index is 0.159. The van der Waals surface area contributed by atoms with Crippen LogP contribution in [-0.4, -0.2) is 47.3 Å². The molecule has 0 aromatic carbocycles. The van der Waals surface area contributed by atoms with Crippen molar-refractivity contribution in [1.82, 2.24) is 4.90 Å². The summed E-state index contributed by atoms with van der Waals surface area (Å²) in [4.78, 5) is 15.1. The molecule has 150 valence electrons. The molecule has 4 nitrogen and oxygen atoms in total. The Bertz CT molecular complexity index is 411. The van der Waals surface area contributed by atoms with Gasteiger partial charge in [0.1, 0.15) is 0 Å². The number of methoxy groups -OCH3 is 1. The molecule has 0 aliphatic rings. The number of rotatable bonds is 11. The lowest BCUT2D eigenvalue weighted by Crippen LogP contribution is -2.53. The Morgan fingerprint density at radius 3 is 1.88 bits per heavy atom. The van der Waals surface area contributed by atoms with Crippen molar-refractivity contribution in [3.05, 3.63) is 0 Å². The fourth-order valence-electron chi connectivity index (χ4n) is 3.60. The van der Waals surface area contributed by atoms with Crippen LogP contribution in [0.2, 0.25) is 0 Å². The predicted octanol–water partition coefficient (Wildman–Crippen LogP) is 5.05. The molecule has 0 aliphatic carbocycles. The topological polar surface area (TPSA) is 38.8 Å². The van der Waals surface area contributed by atoms with E-state index in [1.807, 2.05) is 32.6 Å². The van der Waals surface area contributed by atoms with Crippen LogP contribution in [-0.2, 0) is 14.3 Å². The SMILES string of the molecule is COC(C)(C)CCOC(C)(C)CC(=O)N(C(C)C)C(C)(C)CC(C)C. The molecule has 1 amide bonds. The number of hydrogen-bond donors (Lipinski definition) is 0. The lowest BCUT2D eigenvalue weighted by Gasteiger charge is -2.44. The van der Waals surface area contributed by atoms with Crippen molar-refractivity contribution in [2.24, 2.45) is 5.92 Å². The zero-order valence-electron chi connectivity index (χ0n) is 18.7. The van der Waals surface area contributed by atoms with Crippen molar-refractivity contribution in [2.75, 3.05) is 13.7 Å². The lowest BCUT2D eigenvalue weighted by molar-refractivity contribution is -0.146. The fourth-order valence-corrected chi connectivity index (χ4v) is 3.60. The van der Waals surface area contributed by atoms with Gasteiger partial charge in [0, 0.05) is 18.7 Å². The Morgan fingerprint density at radius 2 is 1.48 bits per heavy atom. The van der Waals surface area contributed by atoms with Crippen LogP contribution in [0.4, 0.5) is 0 Å². The van der Waals surface area contributed by atoms with Gasteiger partial charge in [-0.15, -0.1) is 0 Å². The Balaban J connectivity index is 4.93. The second kappa shape index (κ2) is 9.36. The molecule has 0 radical (unpaired) electrons. The summed E-state index contributed by atoms with van der Waals surface area (Å²) in [5, 5.41) is 0. The zero-order chi connectivity index (χ0) is 20.1. The van der Waals surface area contributed by atoms with Gasteiger partial charge in [-0.05, 0) is 74.1 Å². The van der Waals surface area contributed by atoms with E-state index in [2.05, 4.69) is 41.5 Å². The minimum Gasteiger partial charge on any atom is -0.379 e. The van der Waals surface area contributed by atoms with E-state index < -0.39 is 5.60 Å². The molecular weight excluding hydrogens is 314 g/mol. The van der Waals surface area contributed by atoms with Gasteiger partial charge in [0.2, 0.25) is 5.91 Å². The summed E-state index contributed by atoms with van der Waals surface area (Å²) in [6, 6.07) is 0.171.